The number of allylic oxidation sites excluding steroid dienone is 1. The van der Waals surface area contributed by atoms with Crippen molar-refractivity contribution in [2.75, 3.05) is 17.7 Å². The van der Waals surface area contributed by atoms with Gasteiger partial charge in [-0.25, -0.2) is 9.78 Å². The van der Waals surface area contributed by atoms with E-state index >= 15 is 0 Å². The van der Waals surface area contributed by atoms with Gasteiger partial charge in [0, 0.05) is 29.3 Å². The van der Waals surface area contributed by atoms with Gasteiger partial charge in [0.1, 0.15) is 5.82 Å². The number of ether oxygens (including phenoxy) is 1. The second-order valence-electron chi connectivity index (χ2n) is 9.79. The van der Waals surface area contributed by atoms with Crippen molar-refractivity contribution in [2.45, 2.75) is 50.6 Å². The van der Waals surface area contributed by atoms with Crippen LogP contribution in [0.3, 0.4) is 0 Å². The molecule has 2 bridgehead atoms. The molecular formula is C29H32N6O4. The van der Waals surface area contributed by atoms with Crippen molar-refractivity contribution >= 4 is 29.3 Å². The zero-order valence-corrected chi connectivity index (χ0v) is 21.8. The summed E-state index contributed by atoms with van der Waals surface area (Å²) in [6, 6.07) is 10.5. The van der Waals surface area contributed by atoms with Crippen molar-refractivity contribution in [3.63, 3.8) is 0 Å². The van der Waals surface area contributed by atoms with Gasteiger partial charge in [-0.2, -0.15) is 0 Å². The normalized spacial score (nSPS) is 19.6. The Labute approximate surface area is 226 Å². The average molecular weight is 529 g/mol. The highest BCUT2D eigenvalue weighted by Crippen LogP contribution is 2.32. The molecule has 202 valence electrons. The van der Waals surface area contributed by atoms with E-state index in [4.69, 9.17) is 5.73 Å². The van der Waals surface area contributed by atoms with Crippen molar-refractivity contribution in [3.8, 4) is 11.3 Å². The number of carbonyl (C=O) groups is 3. The Kier molecular flexibility index (Phi) is 7.74. The summed E-state index contributed by atoms with van der Waals surface area (Å²) in [6.07, 6.45) is 9.16. The molecule has 10 heteroatoms. The number of nitrogens with zero attached hydrogens (tertiary/aromatic N) is 1. The monoisotopic (exact) mass is 528 g/mol. The molecule has 0 radical (unpaired) electrons. The van der Waals surface area contributed by atoms with Gasteiger partial charge in [0.2, 0.25) is 5.91 Å². The summed E-state index contributed by atoms with van der Waals surface area (Å²) >= 11 is 0. The van der Waals surface area contributed by atoms with Gasteiger partial charge in [0.25, 0.3) is 5.91 Å². The fraction of sp³-hybridized carbons (Fsp3) is 0.310. The molecule has 2 aliphatic rings. The quantitative estimate of drug-likeness (QED) is 0.310. The van der Waals surface area contributed by atoms with Crippen molar-refractivity contribution in [1.29, 1.82) is 0 Å². The van der Waals surface area contributed by atoms with Crippen molar-refractivity contribution in [3.05, 3.63) is 77.3 Å². The van der Waals surface area contributed by atoms with E-state index < -0.39 is 12.1 Å². The van der Waals surface area contributed by atoms with Gasteiger partial charge in [-0.15, -0.1) is 0 Å². The highest BCUT2D eigenvalue weighted by Gasteiger charge is 2.22. The lowest BCUT2D eigenvalue weighted by atomic mass is 9.87. The number of hydrogen-bond acceptors (Lipinski definition) is 6. The maximum atomic E-state index is 13.3. The molecule has 6 N–H and O–H groups in total. The van der Waals surface area contributed by atoms with Gasteiger partial charge in [-0.1, -0.05) is 18.2 Å². The zero-order chi connectivity index (χ0) is 27.4. The molecule has 2 aromatic carbocycles. The molecule has 3 amide bonds. The van der Waals surface area contributed by atoms with Crippen LogP contribution in [0.25, 0.3) is 11.3 Å². The second kappa shape index (κ2) is 11.5. The first-order valence-corrected chi connectivity index (χ1v) is 13.1. The Balaban J connectivity index is 1.43. The molecule has 0 spiro atoms. The van der Waals surface area contributed by atoms with Gasteiger partial charge in [-0.05, 0) is 73.6 Å². The molecule has 2 heterocycles. The molecule has 1 aromatic heterocycles. The number of methoxy groups -OCH3 is 1. The predicted molar refractivity (Wildman–Crippen MR) is 148 cm³/mol. The summed E-state index contributed by atoms with van der Waals surface area (Å²) in [4.78, 5) is 45.5. The van der Waals surface area contributed by atoms with Gasteiger partial charge in [0.05, 0.1) is 30.7 Å². The number of anilines is 2. The second-order valence-corrected chi connectivity index (χ2v) is 9.79. The van der Waals surface area contributed by atoms with E-state index in [0.29, 0.717) is 46.9 Å². The maximum Gasteiger partial charge on any atom is 0.411 e. The number of aryl methyl sites for hydroxylation is 1. The van der Waals surface area contributed by atoms with Crippen LogP contribution in [0.4, 0.5) is 16.2 Å². The first-order chi connectivity index (χ1) is 18.9. The number of nitrogens with one attached hydrogen (secondary N) is 4. The molecule has 1 aliphatic heterocycles. The predicted octanol–water partition coefficient (Wildman–Crippen LogP) is 4.74. The molecule has 0 saturated heterocycles. The average Bonchev–Trinajstić information content (AvgIpc) is 3.42. The number of benzene rings is 2. The van der Waals surface area contributed by atoms with E-state index in [9.17, 15) is 14.4 Å². The lowest BCUT2D eigenvalue weighted by Gasteiger charge is -2.23. The van der Waals surface area contributed by atoms with Crippen LogP contribution in [0.1, 0.15) is 71.5 Å². The highest BCUT2D eigenvalue weighted by molar-refractivity contribution is 5.97. The molecule has 0 saturated carbocycles. The Hall–Kier alpha value is -4.44. The summed E-state index contributed by atoms with van der Waals surface area (Å²) in [7, 11) is 1.28. The lowest BCUT2D eigenvalue weighted by Crippen LogP contribution is -2.29. The summed E-state index contributed by atoms with van der Waals surface area (Å²) < 4.78 is 4.67. The fourth-order valence-corrected chi connectivity index (χ4v) is 5.03. The Morgan fingerprint density at radius 3 is 2.85 bits per heavy atom. The first-order valence-electron chi connectivity index (χ1n) is 13.1. The van der Waals surface area contributed by atoms with Crippen molar-refractivity contribution in [2.24, 2.45) is 5.73 Å². The summed E-state index contributed by atoms with van der Waals surface area (Å²) in [5, 5.41) is 8.67. The Morgan fingerprint density at radius 2 is 2.00 bits per heavy atom. The molecular weight excluding hydrogens is 496 g/mol. The largest absolute Gasteiger partial charge is 0.453 e. The van der Waals surface area contributed by atoms with E-state index in [2.05, 4.69) is 30.7 Å². The number of aromatic nitrogens is 2. The fourth-order valence-electron chi connectivity index (χ4n) is 5.03. The number of amides is 3. The van der Waals surface area contributed by atoms with E-state index in [1.54, 1.807) is 24.4 Å². The molecule has 3 aromatic rings. The van der Waals surface area contributed by atoms with Gasteiger partial charge < -0.3 is 26.1 Å². The number of aromatic amines is 1. The number of H-pyrrole nitrogens is 1. The number of nitrogens with two attached hydrogens (primary N) is 1. The van der Waals surface area contributed by atoms with Crippen LogP contribution in [0.2, 0.25) is 0 Å². The van der Waals surface area contributed by atoms with E-state index in [1.165, 1.54) is 7.11 Å². The van der Waals surface area contributed by atoms with Crippen LogP contribution in [0.15, 0.2) is 54.7 Å². The molecule has 2 atom stereocenters. The van der Waals surface area contributed by atoms with Crippen LogP contribution < -0.4 is 21.7 Å². The SMILES string of the molecule is COC(=O)Nc1ccc2c(c1)NC(=O)CC/C=C/C[C@H](NC(=O)c1ccc3c(c1)CCC[C@H]3N)c1ncc-2[nH]1. The number of hydrogen-bond donors (Lipinski definition) is 5. The zero-order valence-electron chi connectivity index (χ0n) is 21.8. The number of carbonyl (C=O) groups excluding carboxylic acids is 3. The number of rotatable bonds is 3. The molecule has 1 aliphatic carbocycles. The minimum Gasteiger partial charge on any atom is -0.453 e. The number of imidazole rings is 1. The topological polar surface area (TPSA) is 151 Å². The Morgan fingerprint density at radius 1 is 1.13 bits per heavy atom. The van der Waals surface area contributed by atoms with Crippen LogP contribution in [-0.4, -0.2) is 35.0 Å². The highest BCUT2D eigenvalue weighted by atomic mass is 16.5. The van der Waals surface area contributed by atoms with Gasteiger partial charge >= 0.3 is 6.09 Å². The maximum absolute atomic E-state index is 13.3. The summed E-state index contributed by atoms with van der Waals surface area (Å²) in [5.74, 6) is 0.247. The third kappa shape index (κ3) is 6.01. The van der Waals surface area contributed by atoms with Crippen LogP contribution in [0.5, 0.6) is 0 Å². The minimum absolute atomic E-state index is 0.0181. The van der Waals surface area contributed by atoms with Gasteiger partial charge in [-0.3, -0.25) is 14.9 Å². The lowest BCUT2D eigenvalue weighted by molar-refractivity contribution is -0.116. The van der Waals surface area contributed by atoms with E-state index in [-0.39, 0.29) is 24.3 Å². The minimum atomic E-state index is -0.611. The third-order valence-corrected chi connectivity index (χ3v) is 7.09. The molecule has 10 nitrogen and oxygen atoms in total. The van der Waals surface area contributed by atoms with E-state index in [1.807, 2.05) is 30.4 Å². The van der Waals surface area contributed by atoms with Gasteiger partial charge in [0.15, 0.2) is 0 Å². The van der Waals surface area contributed by atoms with Crippen LogP contribution in [0, 0.1) is 0 Å². The Bertz CT molecular complexity index is 1430. The van der Waals surface area contributed by atoms with Crippen molar-refractivity contribution in [1.82, 2.24) is 15.3 Å². The summed E-state index contributed by atoms with van der Waals surface area (Å²) in [6.45, 7) is 0. The third-order valence-electron chi connectivity index (χ3n) is 7.09. The molecule has 39 heavy (non-hydrogen) atoms. The van der Waals surface area contributed by atoms with Crippen LogP contribution in [-0.2, 0) is 16.0 Å². The van der Waals surface area contributed by atoms with Crippen molar-refractivity contribution < 1.29 is 19.1 Å². The first kappa shape index (κ1) is 26.2. The molecule has 0 fully saturated rings. The smallest absolute Gasteiger partial charge is 0.411 e. The van der Waals surface area contributed by atoms with Crippen LogP contribution >= 0.6 is 0 Å². The van der Waals surface area contributed by atoms with E-state index in [0.717, 1.165) is 30.4 Å². The molecule has 0 unspecified atom stereocenters. The molecule has 5 rings (SSSR count). The number of fused-ring (bicyclic) bond motifs is 5. The summed E-state index contributed by atoms with van der Waals surface area (Å²) in [5.41, 5.74) is 11.4. The standard InChI is InChI=1S/C29H32N6O4/c1-39-29(38)32-19-11-13-21-24(15-19)33-26(36)9-4-2-3-8-23(27-31-16-25(21)34-27)35-28(37)18-10-12-20-17(14-18)6-5-7-22(20)30/h2-3,10-16,22-23H,4-9,30H2,1H3,(H,31,34)(H,32,38)(H,33,36)(H,35,37)/b3-2+/t22-,23+/m1/s1.